The molecule has 2 aromatic carbocycles. The van der Waals surface area contributed by atoms with Gasteiger partial charge in [0, 0.05) is 40.7 Å². The molecule has 0 aliphatic heterocycles. The molecule has 4 nitrogen and oxygen atoms in total. The van der Waals surface area contributed by atoms with E-state index in [1.165, 1.54) is 10.9 Å². The van der Waals surface area contributed by atoms with Crippen LogP contribution in [-0.4, -0.2) is 22.4 Å². The predicted molar refractivity (Wildman–Crippen MR) is 97.0 cm³/mol. The summed E-state index contributed by atoms with van der Waals surface area (Å²) in [6, 6.07) is 16.3. The lowest BCUT2D eigenvalue weighted by Gasteiger charge is -2.04. The minimum Gasteiger partial charge on any atom is -0.361 e. The summed E-state index contributed by atoms with van der Waals surface area (Å²) in [6.45, 7) is 0.642. The van der Waals surface area contributed by atoms with Crippen LogP contribution in [0.25, 0.3) is 21.8 Å². The number of carbonyl (C=O) groups is 1. The maximum absolute atomic E-state index is 12.2. The quantitative estimate of drug-likeness (QED) is 0.518. The summed E-state index contributed by atoms with van der Waals surface area (Å²) in [7, 11) is 0. The zero-order valence-electron chi connectivity index (χ0n) is 13.3. The van der Waals surface area contributed by atoms with E-state index in [0.29, 0.717) is 13.0 Å². The van der Waals surface area contributed by atoms with Crippen molar-refractivity contribution >= 4 is 27.7 Å². The van der Waals surface area contributed by atoms with Crippen molar-refractivity contribution < 1.29 is 4.79 Å². The van der Waals surface area contributed by atoms with Gasteiger partial charge in [0.15, 0.2) is 0 Å². The van der Waals surface area contributed by atoms with E-state index in [2.05, 4.69) is 27.4 Å². The fourth-order valence-corrected chi connectivity index (χ4v) is 3.19. The van der Waals surface area contributed by atoms with Gasteiger partial charge in [-0.05, 0) is 29.7 Å². The van der Waals surface area contributed by atoms with E-state index in [0.717, 1.165) is 28.4 Å². The first-order chi connectivity index (χ1) is 11.8. The van der Waals surface area contributed by atoms with Gasteiger partial charge in [0.1, 0.15) is 0 Å². The Bertz CT molecular complexity index is 996. The molecule has 4 rings (SSSR count). The molecule has 3 N–H and O–H groups in total. The first-order valence-electron chi connectivity index (χ1n) is 8.18. The highest BCUT2D eigenvalue weighted by atomic mass is 16.1. The lowest BCUT2D eigenvalue weighted by Crippen LogP contribution is -2.27. The Kier molecular flexibility index (Phi) is 3.79. The number of amides is 1. The van der Waals surface area contributed by atoms with Gasteiger partial charge in [-0.25, -0.2) is 0 Å². The number of benzene rings is 2. The first kappa shape index (κ1) is 14.6. The summed E-state index contributed by atoms with van der Waals surface area (Å²) >= 11 is 0. The Morgan fingerprint density at radius 3 is 2.12 bits per heavy atom. The Hall–Kier alpha value is -3.01. The fraction of sp³-hybridized carbons (Fsp3) is 0.150. The molecular weight excluding hydrogens is 298 g/mol. The summed E-state index contributed by atoms with van der Waals surface area (Å²) < 4.78 is 0. The Morgan fingerprint density at radius 2 is 1.42 bits per heavy atom. The van der Waals surface area contributed by atoms with Crippen molar-refractivity contribution in [3.63, 3.8) is 0 Å². The number of carbonyl (C=O) groups excluding carboxylic acids is 1. The third-order valence-electron chi connectivity index (χ3n) is 4.42. The van der Waals surface area contributed by atoms with Crippen LogP contribution in [0.3, 0.4) is 0 Å². The Labute approximate surface area is 139 Å². The van der Waals surface area contributed by atoms with E-state index in [1.807, 2.05) is 48.8 Å². The minimum absolute atomic E-state index is 0.0552. The van der Waals surface area contributed by atoms with Crippen LogP contribution < -0.4 is 5.32 Å². The van der Waals surface area contributed by atoms with Crippen LogP contribution in [0, 0.1) is 0 Å². The van der Waals surface area contributed by atoms with Crippen LogP contribution in [0.2, 0.25) is 0 Å². The number of H-pyrrole nitrogens is 2. The molecule has 0 bridgehead atoms. The zero-order valence-corrected chi connectivity index (χ0v) is 13.3. The molecule has 4 heteroatoms. The highest BCUT2D eigenvalue weighted by Gasteiger charge is 2.09. The maximum atomic E-state index is 12.2. The smallest absolute Gasteiger partial charge is 0.224 e. The monoisotopic (exact) mass is 317 g/mol. The van der Waals surface area contributed by atoms with Crippen LogP contribution in [0.1, 0.15) is 11.1 Å². The average Bonchev–Trinajstić information content (AvgIpc) is 3.20. The van der Waals surface area contributed by atoms with Crippen LogP contribution in [0.4, 0.5) is 0 Å². The molecule has 0 aliphatic rings. The van der Waals surface area contributed by atoms with Crippen LogP contribution in [0.5, 0.6) is 0 Å². The predicted octanol–water partition coefficient (Wildman–Crippen LogP) is 3.55. The van der Waals surface area contributed by atoms with Gasteiger partial charge in [-0.3, -0.25) is 4.79 Å². The molecule has 24 heavy (non-hydrogen) atoms. The number of hydrogen-bond donors (Lipinski definition) is 3. The lowest BCUT2D eigenvalue weighted by molar-refractivity contribution is -0.120. The first-order valence-corrected chi connectivity index (χ1v) is 8.18. The molecule has 120 valence electrons. The molecule has 0 fully saturated rings. The zero-order chi connectivity index (χ0) is 16.4. The molecule has 0 atom stereocenters. The molecule has 0 unspecified atom stereocenters. The molecule has 4 aromatic rings. The molecule has 2 aromatic heterocycles. The Balaban J connectivity index is 1.37. The third kappa shape index (κ3) is 2.78. The van der Waals surface area contributed by atoms with E-state index >= 15 is 0 Å². The number of aromatic amines is 2. The topological polar surface area (TPSA) is 60.7 Å². The van der Waals surface area contributed by atoms with Crippen molar-refractivity contribution in [1.29, 1.82) is 0 Å². The maximum Gasteiger partial charge on any atom is 0.224 e. The highest BCUT2D eigenvalue weighted by Crippen LogP contribution is 2.19. The second kappa shape index (κ2) is 6.24. The summed E-state index contributed by atoms with van der Waals surface area (Å²) in [6.07, 6.45) is 5.17. The number of hydrogen-bond acceptors (Lipinski definition) is 1. The minimum atomic E-state index is 0.0552. The Morgan fingerprint density at radius 1 is 0.833 bits per heavy atom. The van der Waals surface area contributed by atoms with E-state index in [-0.39, 0.29) is 5.91 Å². The molecule has 0 saturated heterocycles. The molecular formula is C20H19N3O. The normalized spacial score (nSPS) is 11.2. The van der Waals surface area contributed by atoms with Crippen molar-refractivity contribution in [1.82, 2.24) is 15.3 Å². The number of aromatic nitrogens is 2. The van der Waals surface area contributed by atoms with Gasteiger partial charge in [-0.1, -0.05) is 36.4 Å². The van der Waals surface area contributed by atoms with E-state index in [9.17, 15) is 4.79 Å². The second-order valence-electron chi connectivity index (χ2n) is 6.00. The summed E-state index contributed by atoms with van der Waals surface area (Å²) in [5.74, 6) is 0.0552. The van der Waals surface area contributed by atoms with Gasteiger partial charge < -0.3 is 15.3 Å². The van der Waals surface area contributed by atoms with Crippen molar-refractivity contribution in [2.45, 2.75) is 12.8 Å². The van der Waals surface area contributed by atoms with Gasteiger partial charge in [-0.15, -0.1) is 0 Å². The number of rotatable bonds is 5. The van der Waals surface area contributed by atoms with Gasteiger partial charge in [0.2, 0.25) is 5.91 Å². The standard InChI is InChI=1S/C20H19N3O/c24-20(11-15-13-23-19-8-4-2-6-17(15)19)21-10-9-14-12-22-18-7-3-1-5-16(14)18/h1-8,12-13,22-23H,9-11H2,(H,21,24). The molecule has 1 amide bonds. The summed E-state index contributed by atoms with van der Waals surface area (Å²) in [4.78, 5) is 18.7. The molecule has 0 spiro atoms. The fourth-order valence-electron chi connectivity index (χ4n) is 3.19. The van der Waals surface area contributed by atoms with Gasteiger partial charge in [0.05, 0.1) is 6.42 Å². The van der Waals surface area contributed by atoms with Crippen LogP contribution in [0.15, 0.2) is 60.9 Å². The van der Waals surface area contributed by atoms with Crippen molar-refractivity contribution in [3.8, 4) is 0 Å². The van der Waals surface area contributed by atoms with Crippen molar-refractivity contribution in [2.75, 3.05) is 6.54 Å². The SMILES string of the molecule is O=C(Cc1c[nH]c2ccccc12)NCCc1c[nH]c2ccccc12. The molecule has 0 saturated carbocycles. The molecule has 0 aliphatic carbocycles. The van der Waals surface area contributed by atoms with Crippen molar-refractivity contribution in [2.24, 2.45) is 0 Å². The summed E-state index contributed by atoms with van der Waals surface area (Å²) in [5.41, 5.74) is 4.48. The van der Waals surface area contributed by atoms with Crippen LogP contribution in [-0.2, 0) is 17.6 Å². The average molecular weight is 317 g/mol. The number of nitrogens with one attached hydrogen (secondary N) is 3. The van der Waals surface area contributed by atoms with E-state index in [1.54, 1.807) is 0 Å². The highest BCUT2D eigenvalue weighted by molar-refractivity contribution is 5.89. The summed E-state index contributed by atoms with van der Waals surface area (Å²) in [5, 5.41) is 5.36. The van der Waals surface area contributed by atoms with E-state index in [4.69, 9.17) is 0 Å². The molecule has 2 heterocycles. The second-order valence-corrected chi connectivity index (χ2v) is 6.00. The number of fused-ring (bicyclic) bond motifs is 2. The van der Waals surface area contributed by atoms with Gasteiger partial charge in [-0.2, -0.15) is 0 Å². The van der Waals surface area contributed by atoms with E-state index < -0.39 is 0 Å². The molecule has 0 radical (unpaired) electrons. The third-order valence-corrected chi connectivity index (χ3v) is 4.42. The van der Waals surface area contributed by atoms with Gasteiger partial charge >= 0.3 is 0 Å². The van der Waals surface area contributed by atoms with Crippen LogP contribution >= 0.6 is 0 Å². The van der Waals surface area contributed by atoms with Gasteiger partial charge in [0.25, 0.3) is 0 Å². The number of para-hydroxylation sites is 2. The van der Waals surface area contributed by atoms with Crippen molar-refractivity contribution in [3.05, 3.63) is 72.1 Å². The largest absolute Gasteiger partial charge is 0.361 e. The lowest BCUT2D eigenvalue weighted by atomic mass is 10.1.